The summed E-state index contributed by atoms with van der Waals surface area (Å²) in [6.45, 7) is 1.68. The lowest BCUT2D eigenvalue weighted by atomic mass is 10.3. The predicted molar refractivity (Wildman–Crippen MR) is 79.5 cm³/mol. The summed E-state index contributed by atoms with van der Waals surface area (Å²) in [5.41, 5.74) is 0.434. The largest absolute Gasteiger partial charge is 0.379 e. The monoisotopic (exact) mass is 341 g/mol. The second-order valence-corrected chi connectivity index (χ2v) is 6.09. The lowest BCUT2D eigenvalue weighted by Gasteiger charge is -2.08. The van der Waals surface area contributed by atoms with Crippen LogP contribution in [0.5, 0.6) is 5.75 Å². The van der Waals surface area contributed by atoms with Gasteiger partial charge in [-0.1, -0.05) is 6.92 Å². The highest BCUT2D eigenvalue weighted by atomic mass is 32.2. The van der Waals surface area contributed by atoms with Crippen molar-refractivity contribution in [3.8, 4) is 5.75 Å². The summed E-state index contributed by atoms with van der Waals surface area (Å²) in [7, 11) is -4.20. The molecule has 0 aliphatic rings. The maximum atomic E-state index is 13.1. The van der Waals surface area contributed by atoms with Crippen LogP contribution in [0, 0.1) is 11.6 Å². The van der Waals surface area contributed by atoms with E-state index in [1.54, 1.807) is 6.92 Å². The third-order valence-electron chi connectivity index (χ3n) is 2.84. The molecule has 2 aromatic carbocycles. The zero-order chi connectivity index (χ0) is 17.0. The zero-order valence-corrected chi connectivity index (χ0v) is 12.9. The minimum atomic E-state index is -4.20. The van der Waals surface area contributed by atoms with Gasteiger partial charge in [-0.05, 0) is 36.4 Å². The number of rotatable bonds is 5. The Hall–Kier alpha value is -2.48. The summed E-state index contributed by atoms with van der Waals surface area (Å²) in [6, 6.07) is 7.68. The number of carbonyl (C=O) groups excluding carboxylic acids is 1. The molecule has 0 aliphatic heterocycles. The first-order valence-electron chi connectivity index (χ1n) is 6.61. The van der Waals surface area contributed by atoms with Gasteiger partial charge in [0, 0.05) is 18.2 Å². The van der Waals surface area contributed by atoms with E-state index in [0.717, 1.165) is 12.1 Å². The maximum Gasteiger partial charge on any atom is 0.339 e. The van der Waals surface area contributed by atoms with E-state index in [0.29, 0.717) is 18.2 Å². The van der Waals surface area contributed by atoms with Crippen LogP contribution in [0.25, 0.3) is 0 Å². The van der Waals surface area contributed by atoms with Crippen molar-refractivity contribution >= 4 is 21.7 Å². The average molecular weight is 341 g/mol. The Kier molecular flexibility index (Phi) is 4.95. The number of amides is 1. The number of benzene rings is 2. The van der Waals surface area contributed by atoms with Crippen LogP contribution in [0.4, 0.5) is 14.5 Å². The van der Waals surface area contributed by atoms with Gasteiger partial charge in [-0.15, -0.1) is 0 Å². The Labute approximate surface area is 132 Å². The normalized spacial score (nSPS) is 11.1. The molecular formula is C15H13F2NO4S. The Morgan fingerprint density at radius 1 is 1.09 bits per heavy atom. The fraction of sp³-hybridized carbons (Fsp3) is 0.133. The molecule has 122 valence electrons. The van der Waals surface area contributed by atoms with Gasteiger partial charge in [-0.2, -0.15) is 8.42 Å². The third kappa shape index (κ3) is 4.26. The van der Waals surface area contributed by atoms with Crippen molar-refractivity contribution in [2.45, 2.75) is 18.2 Å². The molecule has 0 aliphatic carbocycles. The van der Waals surface area contributed by atoms with Crippen molar-refractivity contribution in [3.63, 3.8) is 0 Å². The van der Waals surface area contributed by atoms with Gasteiger partial charge in [0.25, 0.3) is 0 Å². The smallest absolute Gasteiger partial charge is 0.339 e. The highest BCUT2D eigenvalue weighted by Crippen LogP contribution is 2.22. The van der Waals surface area contributed by atoms with Gasteiger partial charge in [-0.25, -0.2) is 8.78 Å². The summed E-state index contributed by atoms with van der Waals surface area (Å²) in [4.78, 5) is 11.1. The van der Waals surface area contributed by atoms with E-state index >= 15 is 0 Å². The zero-order valence-electron chi connectivity index (χ0n) is 12.0. The second-order valence-electron chi connectivity index (χ2n) is 4.54. The molecule has 23 heavy (non-hydrogen) atoms. The first-order valence-corrected chi connectivity index (χ1v) is 8.02. The van der Waals surface area contributed by atoms with Crippen LogP contribution in [0.2, 0.25) is 0 Å². The number of hydrogen-bond donors (Lipinski definition) is 1. The van der Waals surface area contributed by atoms with Crippen LogP contribution < -0.4 is 9.50 Å². The van der Waals surface area contributed by atoms with Crippen molar-refractivity contribution in [1.29, 1.82) is 0 Å². The first kappa shape index (κ1) is 16.9. The average Bonchev–Trinajstić information content (AvgIpc) is 2.51. The highest BCUT2D eigenvalue weighted by molar-refractivity contribution is 7.87. The van der Waals surface area contributed by atoms with Crippen molar-refractivity contribution in [1.82, 2.24) is 0 Å². The first-order chi connectivity index (χ1) is 10.8. The number of halogens is 2. The lowest BCUT2D eigenvalue weighted by molar-refractivity contribution is -0.115. The fourth-order valence-corrected chi connectivity index (χ4v) is 2.58. The van der Waals surface area contributed by atoms with Crippen LogP contribution in [-0.2, 0) is 14.9 Å². The Morgan fingerprint density at radius 2 is 1.74 bits per heavy atom. The molecular weight excluding hydrogens is 328 g/mol. The summed E-state index contributed by atoms with van der Waals surface area (Å²) < 4.78 is 54.8. The van der Waals surface area contributed by atoms with Gasteiger partial charge in [0.1, 0.15) is 10.6 Å². The minimum Gasteiger partial charge on any atom is -0.379 e. The van der Waals surface area contributed by atoms with Crippen molar-refractivity contribution in [2.75, 3.05) is 5.32 Å². The van der Waals surface area contributed by atoms with Crippen LogP contribution in [0.15, 0.2) is 47.4 Å². The molecule has 0 unspecified atom stereocenters. The van der Waals surface area contributed by atoms with E-state index in [1.807, 2.05) is 0 Å². The third-order valence-corrected chi connectivity index (χ3v) is 4.11. The number of hydrogen-bond acceptors (Lipinski definition) is 4. The highest BCUT2D eigenvalue weighted by Gasteiger charge is 2.17. The lowest BCUT2D eigenvalue weighted by Crippen LogP contribution is -2.11. The SMILES string of the molecule is CCC(=O)Nc1ccc(S(=O)(=O)Oc2ccc(F)c(F)c2)cc1. The van der Waals surface area contributed by atoms with E-state index < -0.39 is 21.8 Å². The maximum absolute atomic E-state index is 13.1. The van der Waals surface area contributed by atoms with Crippen LogP contribution >= 0.6 is 0 Å². The van der Waals surface area contributed by atoms with Gasteiger partial charge in [0.15, 0.2) is 11.6 Å². The van der Waals surface area contributed by atoms with Gasteiger partial charge in [0.2, 0.25) is 5.91 Å². The van der Waals surface area contributed by atoms with Crippen molar-refractivity contribution < 1.29 is 26.2 Å². The molecule has 5 nitrogen and oxygen atoms in total. The molecule has 0 heterocycles. The molecule has 0 saturated carbocycles. The summed E-state index contributed by atoms with van der Waals surface area (Å²) in [5.74, 6) is -2.87. The molecule has 0 saturated heterocycles. The summed E-state index contributed by atoms with van der Waals surface area (Å²) in [6.07, 6.45) is 0.291. The topological polar surface area (TPSA) is 72.5 Å². The quantitative estimate of drug-likeness (QED) is 0.848. The van der Waals surface area contributed by atoms with Gasteiger partial charge >= 0.3 is 10.1 Å². The summed E-state index contributed by atoms with van der Waals surface area (Å²) in [5, 5.41) is 2.57. The molecule has 2 aromatic rings. The molecule has 1 N–H and O–H groups in total. The molecule has 2 rings (SSSR count). The standard InChI is InChI=1S/C15H13F2NO4S/c1-2-15(19)18-10-3-6-12(7-4-10)23(20,21)22-11-5-8-13(16)14(17)9-11/h3-9H,2H2,1H3,(H,18,19). The van der Waals surface area contributed by atoms with Gasteiger partial charge in [0.05, 0.1) is 0 Å². The molecule has 0 fully saturated rings. The Balaban J connectivity index is 2.18. The van der Waals surface area contributed by atoms with Crippen LogP contribution in [-0.4, -0.2) is 14.3 Å². The van der Waals surface area contributed by atoms with Crippen LogP contribution in [0.3, 0.4) is 0 Å². The Bertz CT molecular complexity index is 820. The number of nitrogens with one attached hydrogen (secondary N) is 1. The fourth-order valence-electron chi connectivity index (χ4n) is 1.66. The van der Waals surface area contributed by atoms with E-state index in [1.165, 1.54) is 24.3 Å². The minimum absolute atomic E-state index is 0.184. The van der Waals surface area contributed by atoms with Crippen molar-refractivity contribution in [3.05, 3.63) is 54.1 Å². The number of anilines is 1. The molecule has 0 spiro atoms. The van der Waals surface area contributed by atoms with Crippen molar-refractivity contribution in [2.24, 2.45) is 0 Å². The Morgan fingerprint density at radius 3 is 2.30 bits per heavy atom. The molecule has 8 heteroatoms. The van der Waals surface area contributed by atoms with E-state index in [9.17, 15) is 22.0 Å². The molecule has 1 amide bonds. The molecule has 0 atom stereocenters. The molecule has 0 radical (unpaired) electrons. The van der Waals surface area contributed by atoms with E-state index in [2.05, 4.69) is 5.32 Å². The van der Waals surface area contributed by atoms with Gasteiger partial charge < -0.3 is 9.50 Å². The number of carbonyl (C=O) groups is 1. The van der Waals surface area contributed by atoms with E-state index in [-0.39, 0.29) is 16.6 Å². The van der Waals surface area contributed by atoms with Crippen LogP contribution in [0.1, 0.15) is 13.3 Å². The van der Waals surface area contributed by atoms with Gasteiger partial charge in [-0.3, -0.25) is 4.79 Å². The summed E-state index contributed by atoms with van der Waals surface area (Å²) >= 11 is 0. The second kappa shape index (κ2) is 6.74. The van der Waals surface area contributed by atoms with E-state index in [4.69, 9.17) is 4.18 Å². The predicted octanol–water partition coefficient (Wildman–Crippen LogP) is 3.08. The molecule has 0 bridgehead atoms. The molecule has 0 aromatic heterocycles.